The van der Waals surface area contributed by atoms with Crippen LogP contribution in [0, 0.1) is 11.2 Å². The Morgan fingerprint density at radius 1 is 1.28 bits per heavy atom. The molecule has 1 aliphatic rings. The number of benzene rings is 1. The molecule has 1 nitrogen and oxygen atoms in total. The van der Waals surface area contributed by atoms with Crippen LogP contribution in [-0.2, 0) is 0 Å². The van der Waals surface area contributed by atoms with Gasteiger partial charge in [0.05, 0.1) is 5.69 Å². The highest BCUT2D eigenvalue weighted by Crippen LogP contribution is 2.35. The molecule has 0 bridgehead atoms. The van der Waals surface area contributed by atoms with Crippen LogP contribution < -0.4 is 5.32 Å². The first-order valence-electron chi connectivity index (χ1n) is 6.68. The summed E-state index contributed by atoms with van der Waals surface area (Å²) < 4.78 is 14.6. The predicted octanol–water partition coefficient (Wildman–Crippen LogP) is 5.36. The maximum absolute atomic E-state index is 13.7. The Labute approximate surface area is 117 Å². The number of nitrogens with one attached hydrogen (secondary N) is 1. The van der Waals surface area contributed by atoms with Gasteiger partial charge in [0, 0.05) is 10.5 Å². The summed E-state index contributed by atoms with van der Waals surface area (Å²) in [5, 5.41) is 3.36. The van der Waals surface area contributed by atoms with Gasteiger partial charge in [-0.05, 0) is 49.3 Å². The van der Waals surface area contributed by atoms with Crippen LogP contribution in [0.3, 0.4) is 0 Å². The monoisotopic (exact) mass is 313 g/mol. The maximum atomic E-state index is 13.7. The topological polar surface area (TPSA) is 12.0 Å². The molecular weight excluding hydrogens is 293 g/mol. The molecule has 3 heteroatoms. The van der Waals surface area contributed by atoms with Gasteiger partial charge in [-0.25, -0.2) is 4.39 Å². The Bertz CT molecular complexity index is 417. The molecule has 0 saturated heterocycles. The van der Waals surface area contributed by atoms with Gasteiger partial charge in [-0.3, -0.25) is 0 Å². The van der Waals surface area contributed by atoms with E-state index in [4.69, 9.17) is 0 Å². The molecule has 0 amide bonds. The van der Waals surface area contributed by atoms with Gasteiger partial charge in [0.1, 0.15) is 5.82 Å². The first-order valence-corrected chi connectivity index (χ1v) is 7.47. The summed E-state index contributed by atoms with van der Waals surface area (Å²) in [4.78, 5) is 0. The van der Waals surface area contributed by atoms with Crippen molar-refractivity contribution in [3.63, 3.8) is 0 Å². The highest BCUT2D eigenvalue weighted by atomic mass is 79.9. The van der Waals surface area contributed by atoms with Crippen molar-refractivity contribution in [2.45, 2.75) is 52.0 Å². The Morgan fingerprint density at radius 3 is 2.83 bits per heavy atom. The molecule has 1 fully saturated rings. The standard InChI is InChI=1S/C15H21BrFN/c1-15(2)8-3-4-12(7-9-15)18-14-10-11(16)5-6-13(14)17/h5-6,10,12,18H,3-4,7-9H2,1-2H3. The third-order valence-corrected chi connectivity index (χ3v) is 4.36. The number of hydrogen-bond donors (Lipinski definition) is 1. The van der Waals surface area contributed by atoms with Crippen LogP contribution in [-0.4, -0.2) is 6.04 Å². The summed E-state index contributed by atoms with van der Waals surface area (Å²) in [5.74, 6) is -0.165. The first kappa shape index (κ1) is 13.9. The van der Waals surface area contributed by atoms with Gasteiger partial charge in [0.25, 0.3) is 0 Å². The van der Waals surface area contributed by atoms with E-state index in [1.807, 2.05) is 6.07 Å². The van der Waals surface area contributed by atoms with Gasteiger partial charge in [0.2, 0.25) is 0 Å². The van der Waals surface area contributed by atoms with E-state index in [9.17, 15) is 4.39 Å². The van der Waals surface area contributed by atoms with Crippen LogP contribution in [0.15, 0.2) is 22.7 Å². The lowest BCUT2D eigenvalue weighted by atomic mass is 9.85. The maximum Gasteiger partial charge on any atom is 0.146 e. The minimum absolute atomic E-state index is 0.165. The molecule has 2 rings (SSSR count). The number of anilines is 1. The molecule has 0 heterocycles. The molecule has 1 aromatic rings. The summed E-state index contributed by atoms with van der Waals surface area (Å²) in [5.41, 5.74) is 1.06. The van der Waals surface area contributed by atoms with Crippen LogP contribution in [0.5, 0.6) is 0 Å². The highest BCUT2D eigenvalue weighted by Gasteiger charge is 2.24. The number of halogens is 2. The smallest absolute Gasteiger partial charge is 0.146 e. The molecular formula is C15H21BrFN. The van der Waals surface area contributed by atoms with Crippen molar-refractivity contribution in [3.8, 4) is 0 Å². The third kappa shape index (κ3) is 3.71. The van der Waals surface area contributed by atoms with E-state index in [0.29, 0.717) is 17.1 Å². The Morgan fingerprint density at radius 2 is 2.06 bits per heavy atom. The molecule has 0 spiro atoms. The summed E-state index contributed by atoms with van der Waals surface area (Å²) in [6, 6.07) is 5.46. The second kappa shape index (κ2) is 5.60. The largest absolute Gasteiger partial charge is 0.380 e. The second-order valence-corrected chi connectivity index (χ2v) is 6.98. The molecule has 1 unspecified atom stereocenters. The quantitative estimate of drug-likeness (QED) is 0.725. The molecule has 1 saturated carbocycles. The average molecular weight is 314 g/mol. The predicted molar refractivity (Wildman–Crippen MR) is 78.4 cm³/mol. The molecule has 100 valence electrons. The molecule has 0 aliphatic heterocycles. The van der Waals surface area contributed by atoms with Crippen molar-refractivity contribution in [1.82, 2.24) is 0 Å². The van der Waals surface area contributed by atoms with Gasteiger partial charge in [-0.15, -0.1) is 0 Å². The molecule has 18 heavy (non-hydrogen) atoms. The van der Waals surface area contributed by atoms with Crippen molar-refractivity contribution in [1.29, 1.82) is 0 Å². The lowest BCUT2D eigenvalue weighted by Crippen LogP contribution is -2.20. The summed E-state index contributed by atoms with van der Waals surface area (Å²) in [7, 11) is 0. The molecule has 1 atom stereocenters. The van der Waals surface area contributed by atoms with E-state index in [2.05, 4.69) is 35.1 Å². The summed E-state index contributed by atoms with van der Waals surface area (Å²) in [6.45, 7) is 4.66. The van der Waals surface area contributed by atoms with Crippen molar-refractivity contribution in [2.24, 2.45) is 5.41 Å². The molecule has 1 N–H and O–H groups in total. The fourth-order valence-corrected chi connectivity index (χ4v) is 2.99. The SMILES string of the molecule is CC1(C)CCCC(Nc2cc(Br)ccc2F)CC1. The number of rotatable bonds is 2. The van der Waals surface area contributed by atoms with E-state index in [1.54, 1.807) is 6.07 Å². The van der Waals surface area contributed by atoms with E-state index in [1.165, 1.54) is 25.3 Å². The fourth-order valence-electron chi connectivity index (χ4n) is 2.63. The summed E-state index contributed by atoms with van der Waals surface area (Å²) >= 11 is 3.39. The zero-order chi connectivity index (χ0) is 13.2. The lowest BCUT2D eigenvalue weighted by Gasteiger charge is -2.22. The van der Waals surface area contributed by atoms with E-state index < -0.39 is 0 Å². The fraction of sp³-hybridized carbons (Fsp3) is 0.600. The van der Waals surface area contributed by atoms with Crippen LogP contribution in [0.2, 0.25) is 0 Å². The van der Waals surface area contributed by atoms with Gasteiger partial charge in [-0.1, -0.05) is 36.2 Å². The van der Waals surface area contributed by atoms with Crippen LogP contribution in [0.25, 0.3) is 0 Å². The Kier molecular flexibility index (Phi) is 4.31. The van der Waals surface area contributed by atoms with Crippen LogP contribution >= 0.6 is 15.9 Å². The minimum atomic E-state index is -0.165. The zero-order valence-corrected chi connectivity index (χ0v) is 12.7. The van der Waals surface area contributed by atoms with E-state index >= 15 is 0 Å². The van der Waals surface area contributed by atoms with Crippen molar-refractivity contribution in [3.05, 3.63) is 28.5 Å². The first-order chi connectivity index (χ1) is 8.46. The van der Waals surface area contributed by atoms with Gasteiger partial charge in [0.15, 0.2) is 0 Å². The number of hydrogen-bond acceptors (Lipinski definition) is 1. The van der Waals surface area contributed by atoms with Crippen LogP contribution in [0.4, 0.5) is 10.1 Å². The van der Waals surface area contributed by atoms with Crippen molar-refractivity contribution < 1.29 is 4.39 Å². The van der Waals surface area contributed by atoms with Gasteiger partial charge in [-0.2, -0.15) is 0 Å². The van der Waals surface area contributed by atoms with Crippen molar-refractivity contribution >= 4 is 21.6 Å². The zero-order valence-electron chi connectivity index (χ0n) is 11.1. The molecule has 0 radical (unpaired) electrons. The van der Waals surface area contributed by atoms with E-state index in [0.717, 1.165) is 17.3 Å². The summed E-state index contributed by atoms with van der Waals surface area (Å²) in [6.07, 6.45) is 5.96. The Hall–Kier alpha value is -0.570. The van der Waals surface area contributed by atoms with E-state index in [-0.39, 0.29) is 5.82 Å². The highest BCUT2D eigenvalue weighted by molar-refractivity contribution is 9.10. The van der Waals surface area contributed by atoms with Crippen molar-refractivity contribution in [2.75, 3.05) is 5.32 Å². The minimum Gasteiger partial charge on any atom is -0.380 e. The molecule has 1 aromatic carbocycles. The second-order valence-electron chi connectivity index (χ2n) is 6.06. The van der Waals surface area contributed by atoms with Gasteiger partial charge >= 0.3 is 0 Å². The normalized spacial score (nSPS) is 23.4. The van der Waals surface area contributed by atoms with Crippen LogP contribution in [0.1, 0.15) is 46.0 Å². The van der Waals surface area contributed by atoms with Gasteiger partial charge < -0.3 is 5.32 Å². The molecule has 0 aromatic heterocycles. The average Bonchev–Trinajstić information content (AvgIpc) is 2.46. The molecule has 1 aliphatic carbocycles. The lowest BCUT2D eigenvalue weighted by molar-refractivity contribution is 0.313. The third-order valence-electron chi connectivity index (χ3n) is 3.86. The Balaban J connectivity index is 2.03.